The Labute approximate surface area is 152 Å². The second-order valence-electron chi connectivity index (χ2n) is 6.14. The summed E-state index contributed by atoms with van der Waals surface area (Å²) < 4.78 is 5.31. The first kappa shape index (κ1) is 17.6. The van der Waals surface area contributed by atoms with E-state index < -0.39 is 0 Å². The van der Waals surface area contributed by atoms with Gasteiger partial charge in [-0.1, -0.05) is 35.9 Å². The third-order valence-electron chi connectivity index (χ3n) is 4.34. The van der Waals surface area contributed by atoms with Gasteiger partial charge < -0.3 is 9.64 Å². The zero-order valence-electron chi connectivity index (χ0n) is 14.5. The number of hydrogen-bond acceptors (Lipinski definition) is 5. The number of nitro groups is 1. The highest BCUT2D eigenvalue weighted by atomic mass is 16.6. The summed E-state index contributed by atoms with van der Waals surface area (Å²) in [5.74, 6) is 0. The van der Waals surface area contributed by atoms with E-state index in [2.05, 4.69) is 6.07 Å². The molecule has 0 saturated carbocycles. The van der Waals surface area contributed by atoms with Crippen molar-refractivity contribution in [2.75, 3.05) is 31.2 Å². The molecule has 6 nitrogen and oxygen atoms in total. The van der Waals surface area contributed by atoms with E-state index in [1.54, 1.807) is 12.1 Å². The second kappa shape index (κ2) is 7.81. The van der Waals surface area contributed by atoms with Gasteiger partial charge in [-0.15, -0.1) is 0 Å². The fourth-order valence-electron chi connectivity index (χ4n) is 2.93. The van der Waals surface area contributed by atoms with Crippen molar-refractivity contribution in [2.45, 2.75) is 6.92 Å². The van der Waals surface area contributed by atoms with E-state index in [0.717, 1.165) is 11.1 Å². The van der Waals surface area contributed by atoms with Gasteiger partial charge in [-0.25, -0.2) is 0 Å². The predicted molar refractivity (Wildman–Crippen MR) is 101 cm³/mol. The van der Waals surface area contributed by atoms with Gasteiger partial charge in [-0.05, 0) is 30.2 Å². The van der Waals surface area contributed by atoms with Crippen LogP contribution in [0.5, 0.6) is 0 Å². The summed E-state index contributed by atoms with van der Waals surface area (Å²) in [7, 11) is 0. The number of hydrogen-bond donors (Lipinski definition) is 0. The molecule has 0 aromatic heterocycles. The zero-order chi connectivity index (χ0) is 18.5. The third kappa shape index (κ3) is 3.90. The fraction of sp³-hybridized carbons (Fsp3) is 0.250. The molecule has 2 aromatic rings. The van der Waals surface area contributed by atoms with E-state index >= 15 is 0 Å². The Hall–Kier alpha value is -3.17. The number of nitriles is 1. The summed E-state index contributed by atoms with van der Waals surface area (Å²) in [5.41, 5.74) is 3.63. The number of benzene rings is 2. The molecule has 2 aromatic carbocycles. The van der Waals surface area contributed by atoms with Crippen LogP contribution in [0.25, 0.3) is 11.6 Å². The first-order chi connectivity index (χ1) is 12.6. The molecule has 3 rings (SSSR count). The molecule has 0 atom stereocenters. The Morgan fingerprint density at radius 3 is 2.54 bits per heavy atom. The average Bonchev–Trinajstić information content (AvgIpc) is 2.67. The molecule has 1 fully saturated rings. The summed E-state index contributed by atoms with van der Waals surface area (Å²) in [6.07, 6.45) is 1.68. The van der Waals surface area contributed by atoms with Gasteiger partial charge in [0.05, 0.1) is 29.8 Å². The summed E-state index contributed by atoms with van der Waals surface area (Å²) in [4.78, 5) is 13.1. The van der Waals surface area contributed by atoms with Crippen LogP contribution in [0.3, 0.4) is 0 Å². The average molecular weight is 349 g/mol. The first-order valence-electron chi connectivity index (χ1n) is 8.38. The maximum absolute atomic E-state index is 11.5. The molecule has 132 valence electrons. The van der Waals surface area contributed by atoms with Crippen molar-refractivity contribution in [3.63, 3.8) is 0 Å². The molecule has 1 heterocycles. The number of nitrogens with zero attached hydrogens (tertiary/aromatic N) is 3. The SMILES string of the molecule is Cc1ccc(/C(C#N)=C\c2ccc(N3CCOCC3)c([N+](=O)[O-])c2)cc1. The number of ether oxygens (including phenoxy) is 1. The van der Waals surface area contributed by atoms with Crippen LogP contribution in [0.15, 0.2) is 42.5 Å². The summed E-state index contributed by atoms with van der Waals surface area (Å²) in [6.45, 7) is 4.36. The highest BCUT2D eigenvalue weighted by molar-refractivity contribution is 5.90. The molecule has 0 unspecified atom stereocenters. The highest BCUT2D eigenvalue weighted by Gasteiger charge is 2.21. The van der Waals surface area contributed by atoms with Crippen LogP contribution in [0.1, 0.15) is 16.7 Å². The molecule has 0 N–H and O–H groups in total. The lowest BCUT2D eigenvalue weighted by atomic mass is 10.0. The quantitative estimate of drug-likeness (QED) is 0.363. The Balaban J connectivity index is 1.97. The van der Waals surface area contributed by atoms with Crippen LogP contribution in [-0.4, -0.2) is 31.2 Å². The lowest BCUT2D eigenvalue weighted by Crippen LogP contribution is -2.36. The molecule has 0 radical (unpaired) electrons. The van der Waals surface area contributed by atoms with Gasteiger partial charge in [0.25, 0.3) is 5.69 Å². The molecule has 26 heavy (non-hydrogen) atoms. The highest BCUT2D eigenvalue weighted by Crippen LogP contribution is 2.31. The van der Waals surface area contributed by atoms with E-state index in [4.69, 9.17) is 4.74 Å². The maximum atomic E-state index is 11.5. The van der Waals surface area contributed by atoms with Gasteiger partial charge in [-0.3, -0.25) is 10.1 Å². The second-order valence-corrected chi connectivity index (χ2v) is 6.14. The molecular formula is C20H19N3O3. The van der Waals surface area contributed by atoms with Crippen LogP contribution in [-0.2, 0) is 4.74 Å². The molecular weight excluding hydrogens is 330 g/mol. The Kier molecular flexibility index (Phi) is 5.30. The number of rotatable bonds is 4. The smallest absolute Gasteiger partial charge is 0.293 e. The van der Waals surface area contributed by atoms with Gasteiger partial charge in [-0.2, -0.15) is 5.26 Å². The van der Waals surface area contributed by atoms with Gasteiger partial charge in [0.2, 0.25) is 0 Å². The van der Waals surface area contributed by atoms with Gasteiger partial charge in [0, 0.05) is 19.2 Å². The number of anilines is 1. The Morgan fingerprint density at radius 2 is 1.92 bits per heavy atom. The predicted octanol–water partition coefficient (Wildman–Crippen LogP) is 3.80. The van der Waals surface area contributed by atoms with Crippen LogP contribution in [0.4, 0.5) is 11.4 Å². The minimum absolute atomic E-state index is 0.0434. The number of nitro benzene ring substituents is 1. The fourth-order valence-corrected chi connectivity index (χ4v) is 2.93. The van der Waals surface area contributed by atoms with Crippen LogP contribution in [0.2, 0.25) is 0 Å². The summed E-state index contributed by atoms with van der Waals surface area (Å²) in [5, 5.41) is 21.0. The van der Waals surface area contributed by atoms with E-state index in [9.17, 15) is 15.4 Å². The largest absolute Gasteiger partial charge is 0.378 e. The molecule has 6 heteroatoms. The third-order valence-corrected chi connectivity index (χ3v) is 4.34. The number of allylic oxidation sites excluding steroid dienone is 1. The van der Waals surface area contributed by atoms with E-state index in [-0.39, 0.29) is 10.6 Å². The van der Waals surface area contributed by atoms with Crippen molar-refractivity contribution in [3.8, 4) is 6.07 Å². The van der Waals surface area contributed by atoms with Crippen LogP contribution in [0, 0.1) is 28.4 Å². The topological polar surface area (TPSA) is 79.4 Å². The molecule has 0 spiro atoms. The van der Waals surface area contributed by atoms with Crippen molar-refractivity contribution in [2.24, 2.45) is 0 Å². The molecule has 0 bridgehead atoms. The monoisotopic (exact) mass is 349 g/mol. The first-order valence-corrected chi connectivity index (χ1v) is 8.38. The molecule has 1 aliphatic rings. The molecule has 1 saturated heterocycles. The number of aryl methyl sites for hydroxylation is 1. The van der Waals surface area contributed by atoms with Crippen molar-refractivity contribution in [1.82, 2.24) is 0 Å². The van der Waals surface area contributed by atoms with E-state index in [1.807, 2.05) is 42.2 Å². The summed E-state index contributed by atoms with van der Waals surface area (Å²) >= 11 is 0. The normalized spacial score (nSPS) is 14.8. The van der Waals surface area contributed by atoms with Crippen LogP contribution < -0.4 is 4.90 Å². The molecule has 1 aliphatic heterocycles. The van der Waals surface area contributed by atoms with Crippen molar-refractivity contribution >= 4 is 23.0 Å². The van der Waals surface area contributed by atoms with E-state index in [1.165, 1.54) is 6.07 Å². The van der Waals surface area contributed by atoms with Crippen molar-refractivity contribution in [3.05, 3.63) is 69.3 Å². The van der Waals surface area contributed by atoms with Gasteiger partial charge in [0.15, 0.2) is 0 Å². The van der Waals surface area contributed by atoms with Gasteiger partial charge >= 0.3 is 0 Å². The van der Waals surface area contributed by atoms with E-state index in [0.29, 0.717) is 43.1 Å². The standard InChI is InChI=1S/C20H19N3O3/c1-15-2-5-17(6-3-15)18(14-21)12-16-4-7-19(20(13-16)23(24)25)22-8-10-26-11-9-22/h2-7,12-13H,8-11H2,1H3/b18-12-. The minimum atomic E-state index is -0.375. The van der Waals surface area contributed by atoms with Gasteiger partial charge in [0.1, 0.15) is 5.69 Å². The lowest BCUT2D eigenvalue weighted by molar-refractivity contribution is -0.384. The molecule has 0 amide bonds. The molecule has 0 aliphatic carbocycles. The maximum Gasteiger partial charge on any atom is 0.293 e. The Morgan fingerprint density at radius 1 is 1.23 bits per heavy atom. The zero-order valence-corrected chi connectivity index (χ0v) is 14.5. The van der Waals surface area contributed by atoms with Crippen molar-refractivity contribution < 1.29 is 9.66 Å². The van der Waals surface area contributed by atoms with Crippen LogP contribution >= 0.6 is 0 Å². The summed E-state index contributed by atoms with van der Waals surface area (Å²) in [6, 6.07) is 14.9. The minimum Gasteiger partial charge on any atom is -0.378 e. The van der Waals surface area contributed by atoms with Crippen molar-refractivity contribution in [1.29, 1.82) is 5.26 Å². The Bertz CT molecular complexity index is 876. The lowest BCUT2D eigenvalue weighted by Gasteiger charge is -2.28. The number of morpholine rings is 1.